The molecule has 0 unspecified atom stereocenters. The molecule has 1 aliphatic rings. The number of nitrogens with one attached hydrogen (secondary N) is 1. The lowest BCUT2D eigenvalue weighted by atomic mass is 10.1. The van der Waals surface area contributed by atoms with Crippen molar-refractivity contribution < 1.29 is 9.53 Å². The molecule has 0 aromatic heterocycles. The van der Waals surface area contributed by atoms with Crippen LogP contribution in [0.3, 0.4) is 0 Å². The summed E-state index contributed by atoms with van der Waals surface area (Å²) in [6.07, 6.45) is 2.90. The highest BCUT2D eigenvalue weighted by Crippen LogP contribution is 2.10. The largest absolute Gasteiger partial charge is 0.380 e. The molecule has 1 aliphatic heterocycles. The first kappa shape index (κ1) is 15.0. The zero-order valence-corrected chi connectivity index (χ0v) is 12.2. The first-order chi connectivity index (χ1) is 9.81. The molecule has 0 spiro atoms. The monoisotopic (exact) mass is 276 g/mol. The van der Waals surface area contributed by atoms with Gasteiger partial charge in [0.15, 0.2) is 0 Å². The van der Waals surface area contributed by atoms with Crippen LogP contribution < -0.4 is 5.32 Å². The van der Waals surface area contributed by atoms with Gasteiger partial charge in [0.1, 0.15) is 0 Å². The minimum absolute atomic E-state index is 0.278. The van der Waals surface area contributed by atoms with E-state index >= 15 is 0 Å². The predicted octanol–water partition coefficient (Wildman–Crippen LogP) is 1.94. The van der Waals surface area contributed by atoms with E-state index in [2.05, 4.69) is 17.4 Å². The summed E-state index contributed by atoms with van der Waals surface area (Å²) in [6.45, 7) is 4.03. The normalized spacial score (nSPS) is 14.8. The van der Waals surface area contributed by atoms with Gasteiger partial charge in [-0.2, -0.15) is 0 Å². The van der Waals surface area contributed by atoms with Gasteiger partial charge in [0.25, 0.3) is 0 Å². The molecule has 110 valence electrons. The molecule has 0 saturated carbocycles. The van der Waals surface area contributed by atoms with Crippen molar-refractivity contribution in [1.29, 1.82) is 0 Å². The van der Waals surface area contributed by atoms with Crippen molar-refractivity contribution in [3.8, 4) is 0 Å². The second-order valence-corrected chi connectivity index (χ2v) is 5.22. The van der Waals surface area contributed by atoms with Crippen LogP contribution >= 0.6 is 0 Å². The molecule has 1 aromatic carbocycles. The molecule has 1 fully saturated rings. The van der Waals surface area contributed by atoms with E-state index in [4.69, 9.17) is 4.74 Å². The molecule has 0 bridgehead atoms. The number of carbonyl (C=O) groups is 1. The van der Waals surface area contributed by atoms with Gasteiger partial charge in [0.2, 0.25) is 5.91 Å². The van der Waals surface area contributed by atoms with Crippen molar-refractivity contribution in [2.45, 2.75) is 32.4 Å². The van der Waals surface area contributed by atoms with Crippen LogP contribution in [0.25, 0.3) is 0 Å². The van der Waals surface area contributed by atoms with Crippen LogP contribution in [0.15, 0.2) is 24.3 Å². The summed E-state index contributed by atoms with van der Waals surface area (Å²) in [7, 11) is 1.71. The van der Waals surface area contributed by atoms with Crippen molar-refractivity contribution in [2.75, 3.05) is 26.7 Å². The Hall–Kier alpha value is -1.39. The Morgan fingerprint density at radius 2 is 1.95 bits per heavy atom. The fraction of sp³-hybridized carbons (Fsp3) is 0.562. The average Bonchev–Trinajstić information content (AvgIpc) is 2.99. The third kappa shape index (κ3) is 4.32. The van der Waals surface area contributed by atoms with Crippen LogP contribution in [-0.2, 0) is 22.7 Å². The van der Waals surface area contributed by atoms with Crippen LogP contribution in [0.4, 0.5) is 0 Å². The van der Waals surface area contributed by atoms with E-state index in [9.17, 15) is 4.79 Å². The molecule has 4 nitrogen and oxygen atoms in total. The SMILES string of the molecule is COCc1ccccc1CNCCC(=O)N1CCCC1. The van der Waals surface area contributed by atoms with E-state index in [1.165, 1.54) is 11.1 Å². The number of rotatable bonds is 7. The van der Waals surface area contributed by atoms with Crippen molar-refractivity contribution in [1.82, 2.24) is 10.2 Å². The minimum Gasteiger partial charge on any atom is -0.380 e. The Bertz CT molecular complexity index is 428. The predicted molar refractivity (Wildman–Crippen MR) is 79.3 cm³/mol. The van der Waals surface area contributed by atoms with Crippen molar-refractivity contribution in [3.63, 3.8) is 0 Å². The maximum Gasteiger partial charge on any atom is 0.223 e. The summed E-state index contributed by atoms with van der Waals surface area (Å²) in [5.74, 6) is 0.278. The summed E-state index contributed by atoms with van der Waals surface area (Å²) < 4.78 is 5.19. The molecule has 20 heavy (non-hydrogen) atoms. The Kier molecular flexibility index (Phi) is 6.02. The number of amides is 1. The number of methoxy groups -OCH3 is 1. The second kappa shape index (κ2) is 8.02. The molecule has 0 atom stereocenters. The van der Waals surface area contributed by atoms with E-state index in [1.54, 1.807) is 7.11 Å². The van der Waals surface area contributed by atoms with Crippen molar-refractivity contribution in [3.05, 3.63) is 35.4 Å². The summed E-state index contributed by atoms with van der Waals surface area (Å²) in [6, 6.07) is 8.24. The number of hydrogen-bond donors (Lipinski definition) is 1. The van der Waals surface area contributed by atoms with Crippen molar-refractivity contribution in [2.24, 2.45) is 0 Å². The maximum absolute atomic E-state index is 11.9. The van der Waals surface area contributed by atoms with Gasteiger partial charge in [-0.05, 0) is 24.0 Å². The van der Waals surface area contributed by atoms with Gasteiger partial charge >= 0.3 is 0 Å². The summed E-state index contributed by atoms with van der Waals surface area (Å²) >= 11 is 0. The molecular formula is C16H24N2O2. The van der Waals surface area contributed by atoms with Gasteiger partial charge in [-0.3, -0.25) is 4.79 Å². The van der Waals surface area contributed by atoms with Gasteiger partial charge in [-0.15, -0.1) is 0 Å². The molecule has 2 rings (SSSR count). The number of benzene rings is 1. The van der Waals surface area contributed by atoms with E-state index < -0.39 is 0 Å². The zero-order valence-electron chi connectivity index (χ0n) is 12.2. The average molecular weight is 276 g/mol. The third-order valence-electron chi connectivity index (χ3n) is 3.71. The van der Waals surface area contributed by atoms with E-state index in [-0.39, 0.29) is 5.91 Å². The zero-order chi connectivity index (χ0) is 14.2. The molecule has 0 radical (unpaired) electrons. The third-order valence-corrected chi connectivity index (χ3v) is 3.71. The number of hydrogen-bond acceptors (Lipinski definition) is 3. The van der Waals surface area contributed by atoms with E-state index in [0.717, 1.165) is 39.0 Å². The highest BCUT2D eigenvalue weighted by atomic mass is 16.5. The Morgan fingerprint density at radius 3 is 2.65 bits per heavy atom. The van der Waals surface area contributed by atoms with Crippen LogP contribution in [0.5, 0.6) is 0 Å². The Balaban J connectivity index is 1.71. The smallest absolute Gasteiger partial charge is 0.223 e. The Morgan fingerprint density at radius 1 is 1.25 bits per heavy atom. The minimum atomic E-state index is 0.278. The van der Waals surface area contributed by atoms with Gasteiger partial charge in [-0.1, -0.05) is 24.3 Å². The number of carbonyl (C=O) groups excluding carboxylic acids is 1. The second-order valence-electron chi connectivity index (χ2n) is 5.22. The standard InChI is InChI=1S/C16H24N2O2/c1-20-13-15-7-3-2-6-14(15)12-17-9-8-16(19)18-10-4-5-11-18/h2-3,6-7,17H,4-5,8-13H2,1H3. The van der Waals surface area contributed by atoms with Crippen LogP contribution in [0.1, 0.15) is 30.4 Å². The quantitative estimate of drug-likeness (QED) is 0.774. The molecule has 1 amide bonds. The highest BCUT2D eigenvalue weighted by Gasteiger charge is 2.16. The maximum atomic E-state index is 11.9. The molecule has 4 heteroatoms. The van der Waals surface area contributed by atoms with Crippen LogP contribution in [0, 0.1) is 0 Å². The lowest BCUT2D eigenvalue weighted by Crippen LogP contribution is -2.30. The summed E-state index contributed by atoms with van der Waals surface area (Å²) in [4.78, 5) is 13.9. The van der Waals surface area contributed by atoms with E-state index in [0.29, 0.717) is 13.0 Å². The number of nitrogens with zero attached hydrogens (tertiary/aromatic N) is 1. The van der Waals surface area contributed by atoms with Crippen LogP contribution in [-0.4, -0.2) is 37.6 Å². The van der Waals surface area contributed by atoms with Gasteiger partial charge in [0.05, 0.1) is 6.61 Å². The molecule has 1 saturated heterocycles. The fourth-order valence-corrected chi connectivity index (χ4v) is 2.57. The summed E-state index contributed by atoms with van der Waals surface area (Å²) in [5, 5.41) is 3.35. The van der Waals surface area contributed by atoms with E-state index in [1.807, 2.05) is 17.0 Å². The highest BCUT2D eigenvalue weighted by molar-refractivity contribution is 5.76. The lowest BCUT2D eigenvalue weighted by molar-refractivity contribution is -0.130. The summed E-state index contributed by atoms with van der Waals surface area (Å²) in [5.41, 5.74) is 2.44. The Labute approximate surface area is 121 Å². The molecule has 1 aromatic rings. The first-order valence-electron chi connectivity index (χ1n) is 7.35. The first-order valence-corrected chi connectivity index (χ1v) is 7.35. The molecule has 1 N–H and O–H groups in total. The van der Waals surface area contributed by atoms with Gasteiger partial charge in [-0.25, -0.2) is 0 Å². The fourth-order valence-electron chi connectivity index (χ4n) is 2.57. The molecular weight excluding hydrogens is 252 g/mol. The van der Waals surface area contributed by atoms with Gasteiger partial charge < -0.3 is 15.0 Å². The molecule has 0 aliphatic carbocycles. The van der Waals surface area contributed by atoms with Crippen LogP contribution in [0.2, 0.25) is 0 Å². The van der Waals surface area contributed by atoms with Crippen molar-refractivity contribution >= 4 is 5.91 Å². The lowest BCUT2D eigenvalue weighted by Gasteiger charge is -2.15. The van der Waals surface area contributed by atoms with Gasteiger partial charge in [0, 0.05) is 39.7 Å². The number of likely N-dealkylation sites (tertiary alicyclic amines) is 1. The molecule has 1 heterocycles. The number of ether oxygens (including phenoxy) is 1. The topological polar surface area (TPSA) is 41.6 Å².